The summed E-state index contributed by atoms with van der Waals surface area (Å²) in [6, 6.07) is 6.96. The van der Waals surface area contributed by atoms with E-state index in [9.17, 15) is 18.0 Å². The highest BCUT2D eigenvalue weighted by Gasteiger charge is 2.29. The van der Waals surface area contributed by atoms with Crippen molar-refractivity contribution in [3.8, 4) is 0 Å². The molecule has 1 heterocycles. The molecule has 0 radical (unpaired) electrons. The number of carbonyl (C=O) groups excluding carboxylic acids is 1. The van der Waals surface area contributed by atoms with Crippen LogP contribution in [0.4, 0.5) is 13.2 Å². The van der Waals surface area contributed by atoms with Gasteiger partial charge in [0.1, 0.15) is 5.69 Å². The summed E-state index contributed by atoms with van der Waals surface area (Å²) < 4.78 is 37.7. The van der Waals surface area contributed by atoms with E-state index in [1.54, 1.807) is 31.3 Å². The molecule has 1 aromatic heterocycles. The molecule has 0 aliphatic carbocycles. The number of fused-ring (bicyclic) bond motifs is 1. The number of rotatable bonds is 3. The fraction of sp³-hybridized carbons (Fsp3) is 0.333. The Balaban J connectivity index is 2.28. The number of benzene rings is 1. The molecule has 18 heavy (non-hydrogen) atoms. The number of carbonyl (C=O) groups is 1. The maximum atomic E-state index is 12.1. The molecule has 0 fully saturated rings. The van der Waals surface area contributed by atoms with E-state index in [1.807, 2.05) is 0 Å². The summed E-state index contributed by atoms with van der Waals surface area (Å²) in [7, 11) is 1.66. The summed E-state index contributed by atoms with van der Waals surface area (Å²) in [5, 5.41) is 4.58. The number of nitrogens with zero attached hydrogens (tertiary/aromatic N) is 2. The summed E-state index contributed by atoms with van der Waals surface area (Å²) in [5.41, 5.74) is 0.838. The van der Waals surface area contributed by atoms with Crippen molar-refractivity contribution in [2.24, 2.45) is 7.05 Å². The Morgan fingerprint density at radius 1 is 1.33 bits per heavy atom. The molecule has 0 saturated carbocycles. The molecular formula is C12H11F3N2O. The van der Waals surface area contributed by atoms with E-state index >= 15 is 0 Å². The molecule has 0 saturated heterocycles. The van der Waals surface area contributed by atoms with E-state index in [0.717, 1.165) is 5.52 Å². The average molecular weight is 256 g/mol. The van der Waals surface area contributed by atoms with Crippen LogP contribution in [0.5, 0.6) is 0 Å². The quantitative estimate of drug-likeness (QED) is 0.791. The topological polar surface area (TPSA) is 34.9 Å². The van der Waals surface area contributed by atoms with Crippen molar-refractivity contribution in [1.29, 1.82) is 0 Å². The number of ketones is 1. The van der Waals surface area contributed by atoms with E-state index in [4.69, 9.17) is 0 Å². The summed E-state index contributed by atoms with van der Waals surface area (Å²) in [4.78, 5) is 11.7. The van der Waals surface area contributed by atoms with Crippen LogP contribution in [0.3, 0.4) is 0 Å². The lowest BCUT2D eigenvalue weighted by Crippen LogP contribution is -2.11. The van der Waals surface area contributed by atoms with Gasteiger partial charge in [0, 0.05) is 18.9 Å². The zero-order valence-corrected chi connectivity index (χ0v) is 9.66. The van der Waals surface area contributed by atoms with Gasteiger partial charge in [-0.05, 0) is 6.07 Å². The number of aromatic nitrogens is 2. The third-order valence-electron chi connectivity index (χ3n) is 2.66. The van der Waals surface area contributed by atoms with Crippen LogP contribution in [0.25, 0.3) is 10.9 Å². The molecule has 0 atom stereocenters. The van der Waals surface area contributed by atoms with Crippen molar-refractivity contribution < 1.29 is 18.0 Å². The Morgan fingerprint density at radius 2 is 2.00 bits per heavy atom. The highest BCUT2D eigenvalue weighted by molar-refractivity contribution is 6.05. The molecular weight excluding hydrogens is 245 g/mol. The minimum absolute atomic E-state index is 0.109. The first kappa shape index (κ1) is 12.6. The predicted molar refractivity (Wildman–Crippen MR) is 60.3 cm³/mol. The summed E-state index contributed by atoms with van der Waals surface area (Å²) in [6.45, 7) is 0. The van der Waals surface area contributed by atoms with Gasteiger partial charge in [-0.3, -0.25) is 9.48 Å². The standard InChI is InChI=1S/C12H11F3N2O/c1-17-9-5-3-2-4-8(9)11(16-17)10(18)6-7-12(13,14)15/h2-5H,6-7H2,1H3. The van der Waals surface area contributed by atoms with Crippen molar-refractivity contribution >= 4 is 16.7 Å². The van der Waals surface area contributed by atoms with Crippen LogP contribution in [0.1, 0.15) is 23.3 Å². The van der Waals surface area contributed by atoms with Gasteiger partial charge in [-0.25, -0.2) is 0 Å². The van der Waals surface area contributed by atoms with Crippen molar-refractivity contribution in [2.75, 3.05) is 0 Å². The molecule has 2 rings (SSSR count). The minimum atomic E-state index is -4.32. The van der Waals surface area contributed by atoms with Crippen LogP contribution in [-0.2, 0) is 7.05 Å². The number of alkyl halides is 3. The van der Waals surface area contributed by atoms with Gasteiger partial charge in [-0.15, -0.1) is 0 Å². The van der Waals surface area contributed by atoms with E-state index in [1.165, 1.54) is 4.68 Å². The van der Waals surface area contributed by atoms with Crippen LogP contribution < -0.4 is 0 Å². The van der Waals surface area contributed by atoms with Gasteiger partial charge in [0.25, 0.3) is 0 Å². The molecule has 96 valence electrons. The second-order valence-corrected chi connectivity index (χ2v) is 4.03. The molecule has 2 aromatic rings. The lowest BCUT2D eigenvalue weighted by atomic mass is 10.1. The number of hydrogen-bond acceptors (Lipinski definition) is 2. The number of Topliss-reactive ketones (excluding diaryl/α,β-unsaturated/α-hetero) is 1. The Morgan fingerprint density at radius 3 is 2.67 bits per heavy atom. The molecule has 0 spiro atoms. The first-order chi connectivity index (χ1) is 8.38. The number of aryl methyl sites for hydroxylation is 1. The van der Waals surface area contributed by atoms with Crippen molar-refractivity contribution in [2.45, 2.75) is 19.0 Å². The number of para-hydroxylation sites is 1. The van der Waals surface area contributed by atoms with E-state index in [2.05, 4.69) is 5.10 Å². The Bertz CT molecular complexity index is 587. The molecule has 0 amide bonds. The highest BCUT2D eigenvalue weighted by atomic mass is 19.4. The van der Waals surface area contributed by atoms with Crippen LogP contribution >= 0.6 is 0 Å². The Kier molecular flexibility index (Phi) is 3.11. The Hall–Kier alpha value is -1.85. The second kappa shape index (κ2) is 4.44. The van der Waals surface area contributed by atoms with Gasteiger partial charge in [-0.1, -0.05) is 18.2 Å². The lowest BCUT2D eigenvalue weighted by molar-refractivity contribution is -0.133. The van der Waals surface area contributed by atoms with Gasteiger partial charge in [0.2, 0.25) is 0 Å². The zero-order valence-electron chi connectivity index (χ0n) is 9.66. The molecule has 0 aliphatic rings. The molecule has 0 aliphatic heterocycles. The second-order valence-electron chi connectivity index (χ2n) is 4.03. The van der Waals surface area contributed by atoms with Crippen LogP contribution in [0, 0.1) is 0 Å². The normalized spacial score (nSPS) is 12.0. The van der Waals surface area contributed by atoms with Gasteiger partial charge in [0.05, 0.1) is 11.9 Å². The van der Waals surface area contributed by atoms with Crippen LogP contribution in [-0.4, -0.2) is 21.7 Å². The minimum Gasteiger partial charge on any atom is -0.292 e. The highest BCUT2D eigenvalue weighted by Crippen LogP contribution is 2.24. The van der Waals surface area contributed by atoms with Gasteiger partial charge in [0.15, 0.2) is 5.78 Å². The number of hydrogen-bond donors (Lipinski definition) is 0. The molecule has 1 aromatic carbocycles. The molecule has 0 bridgehead atoms. The SMILES string of the molecule is Cn1nc(C(=O)CCC(F)(F)F)c2ccccc21. The monoisotopic (exact) mass is 256 g/mol. The maximum absolute atomic E-state index is 12.1. The van der Waals surface area contributed by atoms with E-state index in [-0.39, 0.29) is 5.69 Å². The van der Waals surface area contributed by atoms with Crippen molar-refractivity contribution in [3.05, 3.63) is 30.0 Å². The smallest absolute Gasteiger partial charge is 0.292 e. The Labute approximate surface area is 101 Å². The molecule has 0 N–H and O–H groups in total. The summed E-state index contributed by atoms with van der Waals surface area (Å²) in [6.07, 6.45) is -6.00. The van der Waals surface area contributed by atoms with E-state index in [0.29, 0.717) is 5.39 Å². The first-order valence-electron chi connectivity index (χ1n) is 5.40. The van der Waals surface area contributed by atoms with Crippen molar-refractivity contribution in [1.82, 2.24) is 9.78 Å². The zero-order chi connectivity index (χ0) is 13.3. The van der Waals surface area contributed by atoms with E-state index < -0.39 is 24.8 Å². The fourth-order valence-electron chi connectivity index (χ4n) is 1.79. The molecule has 6 heteroatoms. The summed E-state index contributed by atoms with van der Waals surface area (Å²) in [5.74, 6) is -0.580. The lowest BCUT2D eigenvalue weighted by Gasteiger charge is -2.03. The van der Waals surface area contributed by atoms with Gasteiger partial charge < -0.3 is 0 Å². The average Bonchev–Trinajstić information content (AvgIpc) is 2.64. The van der Waals surface area contributed by atoms with Crippen LogP contribution in [0.2, 0.25) is 0 Å². The third kappa shape index (κ3) is 2.52. The number of halogens is 3. The summed E-state index contributed by atoms with van der Waals surface area (Å²) >= 11 is 0. The van der Waals surface area contributed by atoms with Gasteiger partial charge in [-0.2, -0.15) is 18.3 Å². The van der Waals surface area contributed by atoms with Gasteiger partial charge >= 0.3 is 6.18 Å². The largest absolute Gasteiger partial charge is 0.389 e. The fourth-order valence-corrected chi connectivity index (χ4v) is 1.79. The van der Waals surface area contributed by atoms with Crippen molar-refractivity contribution in [3.63, 3.8) is 0 Å². The first-order valence-corrected chi connectivity index (χ1v) is 5.40. The van der Waals surface area contributed by atoms with Crippen LogP contribution in [0.15, 0.2) is 24.3 Å². The predicted octanol–water partition coefficient (Wildman–Crippen LogP) is 3.10. The molecule has 3 nitrogen and oxygen atoms in total. The third-order valence-corrected chi connectivity index (χ3v) is 2.66. The maximum Gasteiger partial charge on any atom is 0.389 e. The molecule has 0 unspecified atom stereocenters.